The summed E-state index contributed by atoms with van der Waals surface area (Å²) in [6.07, 6.45) is 0. The van der Waals surface area contributed by atoms with Crippen LogP contribution in [0.1, 0.15) is 0 Å². The van der Waals surface area contributed by atoms with Crippen LogP contribution in [0.2, 0.25) is 0 Å². The Labute approximate surface area is 90.4 Å². The number of aliphatic hydroxyl groups is 1. The van der Waals surface area contributed by atoms with E-state index in [2.05, 4.69) is 0 Å². The van der Waals surface area contributed by atoms with E-state index in [4.69, 9.17) is 9.66 Å². The van der Waals surface area contributed by atoms with Gasteiger partial charge in [0.05, 0.1) is 12.4 Å². The standard InChI is InChI=1S/C2H6O4S.K/c3-1-2-7(4,5)6;/h3H,1-2H2,(H,4,5,6);. The van der Waals surface area contributed by atoms with Gasteiger partial charge in [0.15, 0.2) is 0 Å². The minimum Gasteiger partial charge on any atom is -0.395 e. The van der Waals surface area contributed by atoms with Crippen molar-refractivity contribution in [2.75, 3.05) is 12.4 Å². The van der Waals surface area contributed by atoms with Crippen LogP contribution in [-0.4, -0.2) is 81.8 Å². The third-order valence-corrected chi connectivity index (χ3v) is 1.05. The zero-order valence-corrected chi connectivity index (χ0v) is 8.47. The summed E-state index contributed by atoms with van der Waals surface area (Å²) in [6, 6.07) is 0. The molecule has 0 saturated carbocycles. The average Bonchev–Trinajstić information content (AvgIpc) is 1.30. The van der Waals surface area contributed by atoms with E-state index < -0.39 is 22.5 Å². The van der Waals surface area contributed by atoms with Crippen molar-refractivity contribution < 1.29 is 18.1 Å². The molecule has 0 amide bonds. The second-order valence-electron chi connectivity index (χ2n) is 1.01. The minimum atomic E-state index is -3.92. The molecule has 0 aliphatic heterocycles. The van der Waals surface area contributed by atoms with Gasteiger partial charge in [-0.3, -0.25) is 4.55 Å². The summed E-state index contributed by atoms with van der Waals surface area (Å²) in [7, 11) is -3.92. The Morgan fingerprint density at radius 1 is 1.38 bits per heavy atom. The molecule has 0 atom stereocenters. The van der Waals surface area contributed by atoms with Crippen molar-refractivity contribution >= 4 is 61.5 Å². The van der Waals surface area contributed by atoms with Gasteiger partial charge in [-0.05, 0) is 0 Å². The summed E-state index contributed by atoms with van der Waals surface area (Å²) in [5.41, 5.74) is 0. The number of aliphatic hydroxyl groups excluding tert-OH is 1. The van der Waals surface area contributed by atoms with Gasteiger partial charge < -0.3 is 5.11 Å². The van der Waals surface area contributed by atoms with Crippen LogP contribution in [0.3, 0.4) is 0 Å². The summed E-state index contributed by atoms with van der Waals surface area (Å²) < 4.78 is 27.1. The molecular formula is C2H6KO4S. The van der Waals surface area contributed by atoms with Crippen LogP contribution in [0.5, 0.6) is 0 Å². The first-order valence-corrected chi connectivity index (χ1v) is 3.23. The molecule has 4 nitrogen and oxygen atoms in total. The van der Waals surface area contributed by atoms with Gasteiger partial charge in [0.25, 0.3) is 10.1 Å². The van der Waals surface area contributed by atoms with Gasteiger partial charge in [0.1, 0.15) is 0 Å². The number of hydrogen-bond acceptors (Lipinski definition) is 3. The molecule has 0 bridgehead atoms. The molecular weight excluding hydrogens is 159 g/mol. The first-order valence-electron chi connectivity index (χ1n) is 1.62. The first kappa shape index (κ1) is 12.2. The summed E-state index contributed by atoms with van der Waals surface area (Å²) in [5.74, 6) is -0.576. The second-order valence-corrected chi connectivity index (χ2v) is 2.58. The third-order valence-electron chi connectivity index (χ3n) is 0.349. The van der Waals surface area contributed by atoms with E-state index in [0.717, 1.165) is 0 Å². The van der Waals surface area contributed by atoms with Gasteiger partial charge in [-0.2, -0.15) is 8.42 Å². The smallest absolute Gasteiger partial charge is 0.267 e. The van der Waals surface area contributed by atoms with Gasteiger partial charge in [0.2, 0.25) is 0 Å². The van der Waals surface area contributed by atoms with E-state index in [-0.39, 0.29) is 51.4 Å². The van der Waals surface area contributed by atoms with Crippen molar-refractivity contribution in [2.45, 2.75) is 0 Å². The summed E-state index contributed by atoms with van der Waals surface area (Å²) in [4.78, 5) is 0. The molecule has 6 heteroatoms. The van der Waals surface area contributed by atoms with E-state index in [1.165, 1.54) is 0 Å². The molecule has 0 saturated heterocycles. The normalized spacial score (nSPS) is 10.2. The molecule has 45 valence electrons. The van der Waals surface area contributed by atoms with E-state index in [9.17, 15) is 8.42 Å². The van der Waals surface area contributed by atoms with Crippen LogP contribution in [0.4, 0.5) is 0 Å². The topological polar surface area (TPSA) is 74.6 Å². The molecule has 0 aliphatic carbocycles. The van der Waals surface area contributed by atoms with Crippen molar-refractivity contribution in [3.63, 3.8) is 0 Å². The molecule has 2 N–H and O–H groups in total. The molecule has 0 unspecified atom stereocenters. The van der Waals surface area contributed by atoms with Gasteiger partial charge in [-0.1, -0.05) is 0 Å². The Hall–Kier alpha value is 1.51. The molecule has 0 aromatic heterocycles. The van der Waals surface area contributed by atoms with Gasteiger partial charge in [-0.15, -0.1) is 0 Å². The fraction of sp³-hybridized carbons (Fsp3) is 1.00. The molecule has 0 rings (SSSR count). The Morgan fingerprint density at radius 3 is 1.75 bits per heavy atom. The zero-order chi connectivity index (χ0) is 5.91. The predicted octanol–water partition coefficient (Wildman–Crippen LogP) is -1.51. The molecule has 0 aliphatic rings. The molecule has 0 fully saturated rings. The molecule has 0 heterocycles. The molecule has 0 spiro atoms. The van der Waals surface area contributed by atoms with Crippen molar-refractivity contribution in [3.05, 3.63) is 0 Å². The van der Waals surface area contributed by atoms with Crippen LogP contribution in [0.15, 0.2) is 0 Å². The zero-order valence-electron chi connectivity index (χ0n) is 4.53. The fourth-order valence-electron chi connectivity index (χ4n) is 0.115. The van der Waals surface area contributed by atoms with Gasteiger partial charge in [-0.25, -0.2) is 0 Å². The Morgan fingerprint density at radius 2 is 1.75 bits per heavy atom. The van der Waals surface area contributed by atoms with Crippen molar-refractivity contribution in [2.24, 2.45) is 0 Å². The Bertz CT molecular complexity index is 127. The van der Waals surface area contributed by atoms with Crippen LogP contribution >= 0.6 is 0 Å². The Balaban J connectivity index is 0. The van der Waals surface area contributed by atoms with Crippen LogP contribution in [-0.2, 0) is 10.1 Å². The maximum atomic E-state index is 9.63. The second kappa shape index (κ2) is 5.30. The minimum absolute atomic E-state index is 0. The average molecular weight is 165 g/mol. The van der Waals surface area contributed by atoms with Crippen molar-refractivity contribution in [1.82, 2.24) is 0 Å². The monoisotopic (exact) mass is 165 g/mol. The van der Waals surface area contributed by atoms with E-state index in [1.807, 2.05) is 0 Å². The summed E-state index contributed by atoms with van der Waals surface area (Å²) in [5, 5.41) is 7.86. The first-order chi connectivity index (χ1) is 3.06. The summed E-state index contributed by atoms with van der Waals surface area (Å²) in [6.45, 7) is -0.529. The van der Waals surface area contributed by atoms with E-state index >= 15 is 0 Å². The maximum Gasteiger partial charge on any atom is 0.267 e. The van der Waals surface area contributed by atoms with Crippen molar-refractivity contribution in [3.8, 4) is 0 Å². The van der Waals surface area contributed by atoms with Gasteiger partial charge >= 0.3 is 0 Å². The molecule has 0 aromatic rings. The van der Waals surface area contributed by atoms with Crippen molar-refractivity contribution in [1.29, 1.82) is 0 Å². The largest absolute Gasteiger partial charge is 0.395 e. The van der Waals surface area contributed by atoms with Gasteiger partial charge in [0, 0.05) is 51.4 Å². The molecule has 0 aromatic carbocycles. The summed E-state index contributed by atoms with van der Waals surface area (Å²) >= 11 is 0. The quantitative estimate of drug-likeness (QED) is 0.385. The van der Waals surface area contributed by atoms with Crippen LogP contribution in [0, 0.1) is 0 Å². The Kier molecular flexibility index (Phi) is 8.09. The SMILES string of the molecule is O=S(=O)(O)CCO.[K]. The number of hydrogen-bond donors (Lipinski definition) is 2. The molecule has 8 heavy (non-hydrogen) atoms. The third kappa shape index (κ3) is 10.5. The fourth-order valence-corrected chi connectivity index (χ4v) is 0.346. The maximum absolute atomic E-state index is 9.63. The molecule has 1 radical (unpaired) electrons. The number of rotatable bonds is 2. The van der Waals surface area contributed by atoms with E-state index in [1.54, 1.807) is 0 Å². The predicted molar refractivity (Wildman–Crippen MR) is 29.3 cm³/mol. The van der Waals surface area contributed by atoms with Crippen LogP contribution in [0.25, 0.3) is 0 Å². The van der Waals surface area contributed by atoms with E-state index in [0.29, 0.717) is 0 Å². The van der Waals surface area contributed by atoms with Crippen LogP contribution < -0.4 is 0 Å².